The maximum absolute atomic E-state index is 5.58. The fourth-order valence-corrected chi connectivity index (χ4v) is 2.38. The van der Waals surface area contributed by atoms with Gasteiger partial charge in [0.25, 0.3) is 0 Å². The quantitative estimate of drug-likeness (QED) is 0.452. The van der Waals surface area contributed by atoms with Crippen molar-refractivity contribution in [1.29, 1.82) is 0 Å². The first kappa shape index (κ1) is 17.1. The number of aromatic nitrogens is 1. The lowest BCUT2D eigenvalue weighted by Gasteiger charge is -2.07. The van der Waals surface area contributed by atoms with Gasteiger partial charge in [-0.25, -0.2) is 4.98 Å². The SMILES string of the molecule is COCCOCOc1cccc(C=Cc2ccc3ccccc3n2)c1. The van der Waals surface area contributed by atoms with Crippen LogP contribution in [0.1, 0.15) is 11.3 Å². The highest BCUT2D eigenvalue weighted by Gasteiger charge is 1.97. The molecule has 0 amide bonds. The Morgan fingerprint density at radius 2 is 1.84 bits per heavy atom. The van der Waals surface area contributed by atoms with Crippen LogP contribution in [0.15, 0.2) is 60.7 Å². The Hall–Kier alpha value is -2.69. The molecule has 0 saturated heterocycles. The molecule has 0 saturated carbocycles. The molecule has 0 aliphatic rings. The van der Waals surface area contributed by atoms with Gasteiger partial charge in [-0.3, -0.25) is 0 Å². The van der Waals surface area contributed by atoms with Crippen molar-refractivity contribution in [2.45, 2.75) is 0 Å². The third-order valence-corrected chi connectivity index (χ3v) is 3.67. The molecule has 0 radical (unpaired) electrons. The van der Waals surface area contributed by atoms with Crippen LogP contribution in [0.3, 0.4) is 0 Å². The number of ether oxygens (including phenoxy) is 3. The van der Waals surface area contributed by atoms with Gasteiger partial charge in [-0.2, -0.15) is 0 Å². The second-order valence-electron chi connectivity index (χ2n) is 5.50. The zero-order valence-electron chi connectivity index (χ0n) is 14.2. The summed E-state index contributed by atoms with van der Waals surface area (Å²) in [6.45, 7) is 1.29. The number of fused-ring (bicyclic) bond motifs is 1. The van der Waals surface area contributed by atoms with E-state index in [2.05, 4.69) is 17.1 Å². The van der Waals surface area contributed by atoms with E-state index in [1.54, 1.807) is 7.11 Å². The van der Waals surface area contributed by atoms with Crippen molar-refractivity contribution in [3.05, 3.63) is 71.9 Å². The molecular weight excluding hydrogens is 314 g/mol. The van der Waals surface area contributed by atoms with Crippen molar-refractivity contribution in [3.63, 3.8) is 0 Å². The molecule has 0 aliphatic heterocycles. The number of benzene rings is 2. The molecule has 4 heteroatoms. The molecule has 0 unspecified atom stereocenters. The molecule has 2 aromatic carbocycles. The fourth-order valence-electron chi connectivity index (χ4n) is 2.38. The van der Waals surface area contributed by atoms with Crippen LogP contribution in [0.5, 0.6) is 5.75 Å². The Morgan fingerprint density at radius 3 is 2.76 bits per heavy atom. The highest BCUT2D eigenvalue weighted by atomic mass is 16.7. The Bertz CT molecular complexity index is 845. The lowest BCUT2D eigenvalue weighted by atomic mass is 10.1. The maximum atomic E-state index is 5.58. The van der Waals surface area contributed by atoms with Crippen LogP contribution < -0.4 is 4.74 Å². The van der Waals surface area contributed by atoms with Crippen molar-refractivity contribution in [3.8, 4) is 5.75 Å². The van der Waals surface area contributed by atoms with Crippen molar-refractivity contribution >= 4 is 23.1 Å². The van der Waals surface area contributed by atoms with Crippen LogP contribution in [0.2, 0.25) is 0 Å². The molecule has 0 atom stereocenters. The van der Waals surface area contributed by atoms with Gasteiger partial charge in [-0.1, -0.05) is 42.5 Å². The number of rotatable bonds is 8. The number of hydrogen-bond acceptors (Lipinski definition) is 4. The standard InChI is InChI=1S/C21H21NO3/c1-23-13-14-24-16-25-20-7-4-5-17(15-20)9-11-19-12-10-18-6-2-3-8-21(18)22-19/h2-12,15H,13-14,16H2,1H3. The van der Waals surface area contributed by atoms with Gasteiger partial charge in [-0.15, -0.1) is 0 Å². The summed E-state index contributed by atoms with van der Waals surface area (Å²) < 4.78 is 15.8. The normalized spacial score (nSPS) is 11.2. The van der Waals surface area contributed by atoms with E-state index in [4.69, 9.17) is 14.2 Å². The van der Waals surface area contributed by atoms with Gasteiger partial charge in [0.05, 0.1) is 24.4 Å². The molecule has 128 valence electrons. The average molecular weight is 335 g/mol. The van der Waals surface area contributed by atoms with Crippen LogP contribution >= 0.6 is 0 Å². The average Bonchev–Trinajstić information content (AvgIpc) is 2.66. The summed E-state index contributed by atoms with van der Waals surface area (Å²) in [7, 11) is 1.64. The molecule has 3 aromatic rings. The summed E-state index contributed by atoms with van der Waals surface area (Å²) in [5, 5.41) is 1.14. The first-order valence-corrected chi connectivity index (χ1v) is 8.18. The predicted molar refractivity (Wildman–Crippen MR) is 100 cm³/mol. The summed E-state index contributed by atoms with van der Waals surface area (Å²) in [6, 6.07) is 20.1. The third kappa shape index (κ3) is 5.14. The zero-order valence-corrected chi connectivity index (χ0v) is 14.2. The number of para-hydroxylation sites is 1. The van der Waals surface area contributed by atoms with Gasteiger partial charge in [0, 0.05) is 12.5 Å². The smallest absolute Gasteiger partial charge is 0.189 e. The van der Waals surface area contributed by atoms with E-state index in [1.165, 1.54) is 0 Å². The number of hydrogen-bond donors (Lipinski definition) is 0. The van der Waals surface area contributed by atoms with Gasteiger partial charge in [0.2, 0.25) is 0 Å². The van der Waals surface area contributed by atoms with Crippen molar-refractivity contribution < 1.29 is 14.2 Å². The van der Waals surface area contributed by atoms with Crippen LogP contribution in [-0.2, 0) is 9.47 Å². The fraction of sp³-hybridized carbons (Fsp3) is 0.190. The highest BCUT2D eigenvalue weighted by molar-refractivity contribution is 5.80. The van der Waals surface area contributed by atoms with Crippen LogP contribution in [0, 0.1) is 0 Å². The van der Waals surface area contributed by atoms with Crippen LogP contribution in [0.25, 0.3) is 23.1 Å². The zero-order chi connectivity index (χ0) is 17.3. The monoisotopic (exact) mass is 335 g/mol. The molecular formula is C21H21NO3. The van der Waals surface area contributed by atoms with Crippen LogP contribution in [0.4, 0.5) is 0 Å². The minimum atomic E-state index is 0.211. The van der Waals surface area contributed by atoms with Crippen molar-refractivity contribution in [1.82, 2.24) is 4.98 Å². The molecule has 1 heterocycles. The molecule has 4 nitrogen and oxygen atoms in total. The molecule has 0 spiro atoms. The van der Waals surface area contributed by atoms with E-state index in [0.717, 1.165) is 27.9 Å². The van der Waals surface area contributed by atoms with E-state index >= 15 is 0 Å². The topological polar surface area (TPSA) is 40.6 Å². The van der Waals surface area contributed by atoms with Crippen LogP contribution in [-0.4, -0.2) is 32.1 Å². The molecule has 3 rings (SSSR count). The first-order valence-electron chi connectivity index (χ1n) is 8.18. The Balaban J connectivity index is 1.63. The van der Waals surface area contributed by atoms with Crippen molar-refractivity contribution in [2.75, 3.05) is 27.1 Å². The lowest BCUT2D eigenvalue weighted by Crippen LogP contribution is -2.07. The van der Waals surface area contributed by atoms with Gasteiger partial charge >= 0.3 is 0 Å². The van der Waals surface area contributed by atoms with Gasteiger partial charge in [0.1, 0.15) is 5.75 Å². The Labute approximate surface area is 147 Å². The summed E-state index contributed by atoms with van der Waals surface area (Å²) >= 11 is 0. The molecule has 0 N–H and O–H groups in total. The second-order valence-corrected chi connectivity index (χ2v) is 5.50. The summed E-state index contributed by atoms with van der Waals surface area (Å²) in [6.07, 6.45) is 4.02. The summed E-state index contributed by atoms with van der Waals surface area (Å²) in [5.41, 5.74) is 2.97. The third-order valence-electron chi connectivity index (χ3n) is 3.67. The van der Waals surface area contributed by atoms with E-state index < -0.39 is 0 Å². The number of pyridine rings is 1. The summed E-state index contributed by atoms with van der Waals surface area (Å²) in [4.78, 5) is 4.64. The number of nitrogens with zero attached hydrogens (tertiary/aromatic N) is 1. The second kappa shape index (κ2) is 8.97. The van der Waals surface area contributed by atoms with Gasteiger partial charge in [-0.05, 0) is 35.9 Å². The molecule has 0 aliphatic carbocycles. The summed E-state index contributed by atoms with van der Waals surface area (Å²) in [5.74, 6) is 0.769. The van der Waals surface area contributed by atoms with E-state index in [1.807, 2.05) is 60.7 Å². The molecule has 0 bridgehead atoms. The minimum Gasteiger partial charge on any atom is -0.468 e. The number of methoxy groups -OCH3 is 1. The molecule has 0 fully saturated rings. The Kier molecular flexibility index (Phi) is 6.15. The highest BCUT2D eigenvalue weighted by Crippen LogP contribution is 2.17. The van der Waals surface area contributed by atoms with Gasteiger partial charge in [0.15, 0.2) is 6.79 Å². The minimum absolute atomic E-state index is 0.211. The van der Waals surface area contributed by atoms with Crippen molar-refractivity contribution in [2.24, 2.45) is 0 Å². The van der Waals surface area contributed by atoms with E-state index in [-0.39, 0.29) is 6.79 Å². The molecule has 25 heavy (non-hydrogen) atoms. The van der Waals surface area contributed by atoms with Gasteiger partial charge < -0.3 is 14.2 Å². The van der Waals surface area contributed by atoms with E-state index in [0.29, 0.717) is 13.2 Å². The van der Waals surface area contributed by atoms with E-state index in [9.17, 15) is 0 Å². The Morgan fingerprint density at radius 1 is 0.920 bits per heavy atom. The first-order chi connectivity index (χ1) is 12.3. The lowest BCUT2D eigenvalue weighted by molar-refractivity contribution is -0.00847. The molecule has 1 aromatic heterocycles. The predicted octanol–water partition coefficient (Wildman–Crippen LogP) is 4.40. The largest absolute Gasteiger partial charge is 0.468 e. The maximum Gasteiger partial charge on any atom is 0.189 e.